The fraction of sp³-hybridized carbons (Fsp3) is 0.353. The van der Waals surface area contributed by atoms with Gasteiger partial charge in [-0.25, -0.2) is 4.79 Å². The zero-order chi connectivity index (χ0) is 16.2. The molecule has 0 amide bonds. The second kappa shape index (κ2) is 6.64. The van der Waals surface area contributed by atoms with Gasteiger partial charge in [0.2, 0.25) is 0 Å². The summed E-state index contributed by atoms with van der Waals surface area (Å²) in [5.74, 6) is -0.295. The lowest BCUT2D eigenvalue weighted by molar-refractivity contribution is -0.148. The van der Waals surface area contributed by atoms with Crippen molar-refractivity contribution in [1.29, 1.82) is 0 Å². The molecular weight excluding hydrogens is 296 g/mol. The fourth-order valence-corrected chi connectivity index (χ4v) is 2.72. The van der Waals surface area contributed by atoms with E-state index in [1.54, 1.807) is 24.3 Å². The highest BCUT2D eigenvalue weighted by Crippen LogP contribution is 2.18. The van der Waals surface area contributed by atoms with E-state index >= 15 is 0 Å². The molecule has 23 heavy (non-hydrogen) atoms. The van der Waals surface area contributed by atoms with Crippen molar-refractivity contribution < 1.29 is 9.53 Å². The molecule has 0 spiro atoms. The molecule has 1 heterocycles. The molecule has 0 saturated carbocycles. The lowest BCUT2D eigenvalue weighted by atomic mass is 10.1. The van der Waals surface area contributed by atoms with E-state index in [1.165, 1.54) is 0 Å². The first-order chi connectivity index (χ1) is 11.2. The third-order valence-electron chi connectivity index (χ3n) is 4.00. The Balaban J connectivity index is 1.62. The van der Waals surface area contributed by atoms with Crippen molar-refractivity contribution in [3.8, 4) is 0 Å². The molecular formula is C17H18N2O4. The van der Waals surface area contributed by atoms with Crippen molar-refractivity contribution in [2.24, 2.45) is 5.92 Å². The van der Waals surface area contributed by atoms with Crippen molar-refractivity contribution in [3.63, 3.8) is 0 Å². The molecule has 0 saturated heterocycles. The summed E-state index contributed by atoms with van der Waals surface area (Å²) in [6.45, 7) is 0.420. The summed E-state index contributed by atoms with van der Waals surface area (Å²) in [4.78, 5) is 38.7. The summed E-state index contributed by atoms with van der Waals surface area (Å²) in [7, 11) is 0. The number of aromatic amines is 1. The van der Waals surface area contributed by atoms with Gasteiger partial charge in [-0.1, -0.05) is 24.3 Å². The van der Waals surface area contributed by atoms with Crippen molar-refractivity contribution in [3.05, 3.63) is 57.3 Å². The molecule has 6 heteroatoms. The molecule has 1 aromatic heterocycles. The number of para-hydroxylation sites is 1. The number of fused-ring (bicyclic) bond motifs is 1. The van der Waals surface area contributed by atoms with E-state index in [2.05, 4.69) is 4.98 Å². The molecule has 0 fully saturated rings. The number of aromatic nitrogens is 2. The minimum atomic E-state index is -0.444. The van der Waals surface area contributed by atoms with Crippen LogP contribution in [0.25, 0.3) is 10.9 Å². The van der Waals surface area contributed by atoms with E-state index in [0.29, 0.717) is 17.3 Å². The number of esters is 1. The van der Waals surface area contributed by atoms with E-state index in [1.807, 2.05) is 12.2 Å². The molecule has 120 valence electrons. The summed E-state index contributed by atoms with van der Waals surface area (Å²) in [5, 5.41) is 0.473. The van der Waals surface area contributed by atoms with Crippen molar-refractivity contribution in [2.75, 3.05) is 6.61 Å². The number of benzene rings is 1. The summed E-state index contributed by atoms with van der Waals surface area (Å²) in [5.41, 5.74) is -0.241. The van der Waals surface area contributed by atoms with E-state index in [9.17, 15) is 14.4 Å². The van der Waals surface area contributed by atoms with Gasteiger partial charge in [-0.15, -0.1) is 0 Å². The normalized spacial score (nSPS) is 14.4. The largest absolute Gasteiger partial charge is 0.465 e. The standard InChI is InChI=1S/C17H18N2O4/c20-15-13-8-3-4-9-14(13)18-17(22)19(15)10-5-11-23-16(21)12-6-1-2-7-12/h1-4,8-9,12H,5-7,10-11H2,(H,18,22). The topological polar surface area (TPSA) is 81.2 Å². The van der Waals surface area contributed by atoms with Crippen molar-refractivity contribution in [1.82, 2.24) is 9.55 Å². The van der Waals surface area contributed by atoms with Crippen LogP contribution in [0.3, 0.4) is 0 Å². The molecule has 0 aliphatic heterocycles. The predicted octanol–water partition coefficient (Wildman–Crippen LogP) is 1.59. The van der Waals surface area contributed by atoms with E-state index in [4.69, 9.17) is 4.74 Å². The SMILES string of the molecule is O=C(OCCCn1c(=O)[nH]c2ccccc2c1=O)C1CC=CC1. The maximum absolute atomic E-state index is 12.3. The van der Waals surface area contributed by atoms with Gasteiger partial charge >= 0.3 is 11.7 Å². The quantitative estimate of drug-likeness (QED) is 0.516. The minimum Gasteiger partial charge on any atom is -0.465 e. The summed E-state index contributed by atoms with van der Waals surface area (Å²) < 4.78 is 6.35. The van der Waals surface area contributed by atoms with Crippen LogP contribution in [0.15, 0.2) is 46.0 Å². The first kappa shape index (κ1) is 15.3. The third kappa shape index (κ3) is 3.26. The van der Waals surface area contributed by atoms with Crippen LogP contribution in [0.1, 0.15) is 19.3 Å². The van der Waals surface area contributed by atoms with E-state index in [-0.39, 0.29) is 30.6 Å². The van der Waals surface area contributed by atoms with Crippen LogP contribution in [-0.4, -0.2) is 22.1 Å². The maximum Gasteiger partial charge on any atom is 0.328 e. The fourth-order valence-electron chi connectivity index (χ4n) is 2.72. The highest BCUT2D eigenvalue weighted by Gasteiger charge is 2.20. The number of allylic oxidation sites excluding steroid dienone is 2. The van der Waals surface area contributed by atoms with Crippen LogP contribution in [0, 0.1) is 5.92 Å². The second-order valence-corrected chi connectivity index (χ2v) is 5.59. The Kier molecular flexibility index (Phi) is 4.41. The highest BCUT2D eigenvalue weighted by atomic mass is 16.5. The van der Waals surface area contributed by atoms with Crippen molar-refractivity contribution in [2.45, 2.75) is 25.8 Å². The number of H-pyrrole nitrogens is 1. The monoisotopic (exact) mass is 314 g/mol. The highest BCUT2D eigenvalue weighted by molar-refractivity contribution is 5.76. The van der Waals surface area contributed by atoms with E-state index in [0.717, 1.165) is 17.4 Å². The second-order valence-electron chi connectivity index (χ2n) is 5.59. The van der Waals surface area contributed by atoms with Gasteiger partial charge < -0.3 is 9.72 Å². The molecule has 1 aliphatic carbocycles. The number of carbonyl (C=O) groups is 1. The van der Waals surface area contributed by atoms with Crippen LogP contribution < -0.4 is 11.2 Å². The van der Waals surface area contributed by atoms with Gasteiger partial charge in [0.1, 0.15) is 0 Å². The minimum absolute atomic E-state index is 0.0817. The summed E-state index contributed by atoms with van der Waals surface area (Å²) in [6.07, 6.45) is 5.82. The molecule has 0 bridgehead atoms. The number of carbonyl (C=O) groups excluding carboxylic acids is 1. The first-order valence-electron chi connectivity index (χ1n) is 7.70. The van der Waals surface area contributed by atoms with Crippen molar-refractivity contribution >= 4 is 16.9 Å². The molecule has 6 nitrogen and oxygen atoms in total. The van der Waals surface area contributed by atoms with Crippen LogP contribution in [0.4, 0.5) is 0 Å². The molecule has 1 aromatic carbocycles. The zero-order valence-corrected chi connectivity index (χ0v) is 12.7. The van der Waals surface area contributed by atoms with Crippen LogP contribution in [-0.2, 0) is 16.1 Å². The molecule has 0 atom stereocenters. The van der Waals surface area contributed by atoms with E-state index < -0.39 is 5.69 Å². The van der Waals surface area contributed by atoms with Gasteiger partial charge in [0.05, 0.1) is 23.4 Å². The lowest BCUT2D eigenvalue weighted by Crippen LogP contribution is -2.35. The molecule has 0 radical (unpaired) electrons. The molecule has 2 aromatic rings. The van der Waals surface area contributed by atoms with Gasteiger partial charge in [-0.2, -0.15) is 0 Å². The average Bonchev–Trinajstić information content (AvgIpc) is 3.08. The first-order valence-corrected chi connectivity index (χ1v) is 7.70. The molecule has 1 aliphatic rings. The number of nitrogens with one attached hydrogen (secondary N) is 1. The Hall–Kier alpha value is -2.63. The number of nitrogens with zero attached hydrogens (tertiary/aromatic N) is 1. The van der Waals surface area contributed by atoms with Gasteiger partial charge in [0, 0.05) is 6.54 Å². The zero-order valence-electron chi connectivity index (χ0n) is 12.7. The summed E-state index contributed by atoms with van der Waals surface area (Å²) in [6, 6.07) is 6.89. The predicted molar refractivity (Wildman–Crippen MR) is 86.3 cm³/mol. The van der Waals surface area contributed by atoms with Crippen LogP contribution in [0.2, 0.25) is 0 Å². The van der Waals surface area contributed by atoms with Crippen LogP contribution in [0.5, 0.6) is 0 Å². The number of hydrogen-bond acceptors (Lipinski definition) is 4. The Bertz CT molecular complexity index is 855. The Morgan fingerprint density at radius 2 is 1.96 bits per heavy atom. The molecule has 1 N–H and O–H groups in total. The Morgan fingerprint density at radius 3 is 2.74 bits per heavy atom. The smallest absolute Gasteiger partial charge is 0.328 e. The van der Waals surface area contributed by atoms with Crippen LogP contribution >= 0.6 is 0 Å². The van der Waals surface area contributed by atoms with Gasteiger partial charge in [0.25, 0.3) is 5.56 Å². The number of ether oxygens (including phenoxy) is 1. The molecule has 0 unspecified atom stereocenters. The average molecular weight is 314 g/mol. The number of hydrogen-bond donors (Lipinski definition) is 1. The molecule has 3 rings (SSSR count). The number of rotatable bonds is 5. The van der Waals surface area contributed by atoms with Gasteiger partial charge in [-0.05, 0) is 31.4 Å². The maximum atomic E-state index is 12.3. The summed E-state index contributed by atoms with van der Waals surface area (Å²) >= 11 is 0. The Labute approximate surface area is 132 Å². The van der Waals surface area contributed by atoms with Gasteiger partial charge in [-0.3, -0.25) is 14.2 Å². The van der Waals surface area contributed by atoms with Gasteiger partial charge in [0.15, 0.2) is 0 Å². The Morgan fingerprint density at radius 1 is 1.22 bits per heavy atom. The lowest BCUT2D eigenvalue weighted by Gasteiger charge is -2.10. The third-order valence-corrected chi connectivity index (χ3v) is 4.00.